The van der Waals surface area contributed by atoms with E-state index < -0.39 is 11.4 Å². The topological polar surface area (TPSA) is 75.7 Å². The first kappa shape index (κ1) is 21.9. The van der Waals surface area contributed by atoms with Crippen molar-refractivity contribution in [1.29, 1.82) is 0 Å². The third-order valence-electron chi connectivity index (χ3n) is 3.54. The standard InChI is InChI=1S/C19H28N2O4S/c1-8-21(10-12(2)3)15(22)11-25-17(23)16-13(4)9-14(26-16)20-18(24)19(5,6)7/h9H,2,8,10-11H2,1,3-7H3,(H,20,24). The van der Waals surface area contributed by atoms with Crippen molar-refractivity contribution in [2.24, 2.45) is 5.41 Å². The second kappa shape index (κ2) is 8.98. The zero-order valence-corrected chi connectivity index (χ0v) is 17.2. The summed E-state index contributed by atoms with van der Waals surface area (Å²) < 4.78 is 5.16. The van der Waals surface area contributed by atoms with Gasteiger partial charge in [0.2, 0.25) is 5.91 Å². The number of aryl methyl sites for hydroxylation is 1. The van der Waals surface area contributed by atoms with Gasteiger partial charge >= 0.3 is 5.97 Å². The number of carbonyl (C=O) groups is 3. The molecule has 0 saturated carbocycles. The van der Waals surface area contributed by atoms with E-state index >= 15 is 0 Å². The number of carbonyl (C=O) groups excluding carboxylic acids is 3. The fourth-order valence-corrected chi connectivity index (χ4v) is 2.99. The molecular formula is C19H28N2O4S. The van der Waals surface area contributed by atoms with Crippen LogP contribution in [0.2, 0.25) is 0 Å². The average molecular weight is 381 g/mol. The Kier molecular flexibility index (Phi) is 7.56. The third-order valence-corrected chi connectivity index (χ3v) is 4.68. The van der Waals surface area contributed by atoms with Crippen molar-refractivity contribution in [2.75, 3.05) is 25.0 Å². The van der Waals surface area contributed by atoms with Crippen molar-refractivity contribution in [3.05, 3.63) is 28.7 Å². The predicted octanol–water partition coefficient (Wildman–Crippen LogP) is 3.62. The molecule has 0 unspecified atom stereocenters. The number of ether oxygens (including phenoxy) is 1. The van der Waals surface area contributed by atoms with Crippen LogP contribution < -0.4 is 5.32 Å². The molecule has 0 bridgehead atoms. The second-order valence-electron chi connectivity index (χ2n) is 7.27. The minimum absolute atomic E-state index is 0.132. The molecule has 0 saturated heterocycles. The van der Waals surface area contributed by atoms with Gasteiger partial charge in [-0.15, -0.1) is 11.3 Å². The molecule has 26 heavy (non-hydrogen) atoms. The summed E-state index contributed by atoms with van der Waals surface area (Å²) in [6, 6.07) is 1.73. The zero-order valence-electron chi connectivity index (χ0n) is 16.4. The Morgan fingerprint density at radius 2 is 1.92 bits per heavy atom. The van der Waals surface area contributed by atoms with Crippen LogP contribution in [0.5, 0.6) is 0 Å². The van der Waals surface area contributed by atoms with Gasteiger partial charge in [-0.3, -0.25) is 9.59 Å². The minimum atomic E-state index is -0.566. The van der Waals surface area contributed by atoms with E-state index in [2.05, 4.69) is 11.9 Å². The Hall–Kier alpha value is -2.15. The molecule has 1 rings (SSSR count). The molecule has 1 N–H and O–H groups in total. The maximum absolute atomic E-state index is 12.3. The van der Waals surface area contributed by atoms with Crippen molar-refractivity contribution < 1.29 is 19.1 Å². The molecule has 1 heterocycles. The second-order valence-corrected chi connectivity index (χ2v) is 8.32. The van der Waals surface area contributed by atoms with Crippen LogP contribution in [0.25, 0.3) is 0 Å². The van der Waals surface area contributed by atoms with Gasteiger partial charge in [-0.1, -0.05) is 32.9 Å². The van der Waals surface area contributed by atoms with E-state index in [4.69, 9.17) is 4.74 Å². The maximum atomic E-state index is 12.3. The molecule has 7 heteroatoms. The molecule has 0 aromatic carbocycles. The van der Waals surface area contributed by atoms with Gasteiger partial charge in [0, 0.05) is 18.5 Å². The lowest BCUT2D eigenvalue weighted by Crippen LogP contribution is -2.35. The highest BCUT2D eigenvalue weighted by atomic mass is 32.1. The number of esters is 1. The molecule has 0 atom stereocenters. The number of anilines is 1. The lowest BCUT2D eigenvalue weighted by Gasteiger charge is -2.20. The van der Waals surface area contributed by atoms with Gasteiger partial charge in [0.25, 0.3) is 5.91 Å². The van der Waals surface area contributed by atoms with Crippen molar-refractivity contribution in [3.63, 3.8) is 0 Å². The highest BCUT2D eigenvalue weighted by Gasteiger charge is 2.24. The molecule has 1 aromatic heterocycles. The van der Waals surface area contributed by atoms with Crippen molar-refractivity contribution in [3.8, 4) is 0 Å². The molecule has 0 aliphatic rings. The van der Waals surface area contributed by atoms with E-state index in [1.54, 1.807) is 17.9 Å². The first-order chi connectivity index (χ1) is 12.0. The Morgan fingerprint density at radius 3 is 2.42 bits per heavy atom. The van der Waals surface area contributed by atoms with Gasteiger partial charge in [-0.2, -0.15) is 0 Å². The number of hydrogen-bond donors (Lipinski definition) is 1. The van der Waals surface area contributed by atoms with Crippen LogP contribution in [0.15, 0.2) is 18.2 Å². The lowest BCUT2D eigenvalue weighted by molar-refractivity contribution is -0.133. The lowest BCUT2D eigenvalue weighted by atomic mass is 9.96. The fraction of sp³-hybridized carbons (Fsp3) is 0.526. The quantitative estimate of drug-likeness (QED) is 0.579. The summed E-state index contributed by atoms with van der Waals surface area (Å²) in [5, 5.41) is 3.38. The van der Waals surface area contributed by atoms with E-state index in [1.165, 1.54) is 0 Å². The van der Waals surface area contributed by atoms with Crippen LogP contribution in [0.3, 0.4) is 0 Å². The van der Waals surface area contributed by atoms with E-state index in [0.717, 1.165) is 16.9 Å². The van der Waals surface area contributed by atoms with Crippen LogP contribution in [0.4, 0.5) is 5.00 Å². The number of hydrogen-bond acceptors (Lipinski definition) is 5. The Morgan fingerprint density at radius 1 is 1.31 bits per heavy atom. The molecule has 144 valence electrons. The minimum Gasteiger partial charge on any atom is -0.451 e. The number of amides is 2. The van der Waals surface area contributed by atoms with Crippen molar-refractivity contribution >= 4 is 34.1 Å². The maximum Gasteiger partial charge on any atom is 0.349 e. The van der Waals surface area contributed by atoms with Crippen LogP contribution in [0, 0.1) is 12.3 Å². The zero-order chi connectivity index (χ0) is 20.1. The normalized spacial score (nSPS) is 11.0. The van der Waals surface area contributed by atoms with Crippen LogP contribution in [-0.2, 0) is 14.3 Å². The molecule has 0 fully saturated rings. The number of nitrogens with zero attached hydrogens (tertiary/aromatic N) is 1. The van der Waals surface area contributed by atoms with Crippen LogP contribution in [-0.4, -0.2) is 42.4 Å². The molecule has 1 aromatic rings. The first-order valence-corrected chi connectivity index (χ1v) is 9.28. The summed E-state index contributed by atoms with van der Waals surface area (Å²) in [5.74, 6) is -0.963. The summed E-state index contributed by atoms with van der Waals surface area (Å²) in [6.07, 6.45) is 0. The Bertz CT molecular complexity index is 701. The van der Waals surface area contributed by atoms with Gasteiger partial charge in [-0.25, -0.2) is 4.79 Å². The summed E-state index contributed by atoms with van der Waals surface area (Å²) >= 11 is 1.14. The number of nitrogens with one attached hydrogen (secondary N) is 1. The van der Waals surface area contributed by atoms with Gasteiger partial charge < -0.3 is 15.0 Å². The molecule has 0 aliphatic heterocycles. The van der Waals surface area contributed by atoms with Crippen molar-refractivity contribution in [1.82, 2.24) is 4.90 Å². The van der Waals surface area contributed by atoms with Gasteiger partial charge in [0.05, 0.1) is 5.00 Å². The first-order valence-electron chi connectivity index (χ1n) is 8.46. The number of rotatable bonds is 7. The Balaban J connectivity index is 2.72. The average Bonchev–Trinajstić information content (AvgIpc) is 2.89. The monoisotopic (exact) mass is 380 g/mol. The summed E-state index contributed by atoms with van der Waals surface area (Å²) in [4.78, 5) is 38.4. The van der Waals surface area contributed by atoms with E-state index in [0.29, 0.717) is 28.5 Å². The van der Waals surface area contributed by atoms with E-state index in [1.807, 2.05) is 34.6 Å². The third kappa shape index (κ3) is 6.29. The molecule has 0 aliphatic carbocycles. The SMILES string of the molecule is C=C(C)CN(CC)C(=O)COC(=O)c1sc(NC(=O)C(C)(C)C)cc1C. The number of thiophene rings is 1. The van der Waals surface area contributed by atoms with Crippen LogP contribution >= 0.6 is 11.3 Å². The van der Waals surface area contributed by atoms with E-state index in [9.17, 15) is 14.4 Å². The largest absolute Gasteiger partial charge is 0.451 e. The summed E-state index contributed by atoms with van der Waals surface area (Å²) in [7, 11) is 0. The summed E-state index contributed by atoms with van der Waals surface area (Å²) in [5.41, 5.74) is 1.03. The Labute approximate surface area is 159 Å². The number of likely N-dealkylation sites (N-methyl/N-ethyl adjacent to an activating group) is 1. The smallest absolute Gasteiger partial charge is 0.349 e. The molecular weight excluding hydrogens is 352 g/mol. The predicted molar refractivity (Wildman–Crippen MR) is 104 cm³/mol. The fourth-order valence-electron chi connectivity index (χ4n) is 2.03. The van der Waals surface area contributed by atoms with Crippen LogP contribution in [0.1, 0.15) is 49.9 Å². The van der Waals surface area contributed by atoms with Crippen molar-refractivity contribution in [2.45, 2.75) is 41.5 Å². The summed E-state index contributed by atoms with van der Waals surface area (Å²) in [6.45, 7) is 15.3. The van der Waals surface area contributed by atoms with Gasteiger partial charge in [0.15, 0.2) is 6.61 Å². The van der Waals surface area contributed by atoms with Gasteiger partial charge in [0.1, 0.15) is 4.88 Å². The molecule has 6 nitrogen and oxygen atoms in total. The van der Waals surface area contributed by atoms with Gasteiger partial charge in [-0.05, 0) is 32.4 Å². The molecule has 2 amide bonds. The highest BCUT2D eigenvalue weighted by molar-refractivity contribution is 7.18. The molecule has 0 radical (unpaired) electrons. The van der Waals surface area contributed by atoms with E-state index in [-0.39, 0.29) is 18.4 Å². The highest BCUT2D eigenvalue weighted by Crippen LogP contribution is 2.29. The molecule has 0 spiro atoms.